The molecule has 3 heterocycles. The topological polar surface area (TPSA) is 136 Å². The van der Waals surface area contributed by atoms with Crippen LogP contribution in [0.5, 0.6) is 0 Å². The van der Waals surface area contributed by atoms with Crippen LogP contribution in [-0.4, -0.2) is 74.6 Å². The highest BCUT2D eigenvalue weighted by atomic mass is 19.5. The third kappa shape index (κ3) is 5.80. The number of aryl methyl sites for hydroxylation is 1. The lowest BCUT2D eigenvalue weighted by Crippen LogP contribution is -2.41. The summed E-state index contributed by atoms with van der Waals surface area (Å²) >= 11 is 0. The van der Waals surface area contributed by atoms with E-state index in [4.69, 9.17) is 15.0 Å². The normalized spacial score (nSPS) is 24.7. The molecule has 2 aliphatic rings. The molecule has 0 aliphatic carbocycles. The average Bonchev–Trinajstić information content (AvgIpc) is 3.29. The van der Waals surface area contributed by atoms with Gasteiger partial charge in [-0.05, 0) is 18.1 Å². The number of nitrogens with one attached hydrogen (secondary N) is 2. The Balaban J connectivity index is 0.000000555. The van der Waals surface area contributed by atoms with Crippen LogP contribution < -0.4 is 5.32 Å². The number of imidazole rings is 1. The molecule has 0 bridgehead atoms. The predicted molar refractivity (Wildman–Crippen MR) is 109 cm³/mol. The molecule has 1 saturated heterocycles. The van der Waals surface area contributed by atoms with Crippen LogP contribution in [0.1, 0.15) is 23.0 Å². The van der Waals surface area contributed by atoms with Crippen molar-refractivity contribution >= 4 is 18.9 Å². The maximum atomic E-state index is 10.2. The average molecular weight is 476 g/mol. The maximum Gasteiger partial charge on any atom is 0.673 e. The molecule has 4 rings (SSSR count). The fourth-order valence-corrected chi connectivity index (χ4v) is 3.39. The monoisotopic (exact) mass is 476 g/mol. The zero-order valence-electron chi connectivity index (χ0n) is 17.4. The van der Waals surface area contributed by atoms with E-state index in [1.165, 1.54) is 16.0 Å². The quantitative estimate of drug-likeness (QED) is 0.322. The summed E-state index contributed by atoms with van der Waals surface area (Å²) in [5.41, 5.74) is 2.47. The summed E-state index contributed by atoms with van der Waals surface area (Å²) < 4.78 is 46.1. The molecule has 15 heteroatoms. The number of nitrogens with zero attached hydrogens (tertiary/aromatic N) is 3. The Morgan fingerprint density at radius 1 is 1.24 bits per heavy atom. The van der Waals surface area contributed by atoms with Crippen LogP contribution in [0.2, 0.25) is 0 Å². The molecule has 2 aliphatic heterocycles. The molecule has 1 aromatic carbocycles. The van der Waals surface area contributed by atoms with E-state index in [2.05, 4.69) is 10.3 Å². The number of rotatable bonds is 5. The number of hydrogen-bond acceptors (Lipinski definition) is 8. The Morgan fingerprint density at radius 2 is 1.91 bits per heavy atom. The van der Waals surface area contributed by atoms with Gasteiger partial charge in [-0.25, -0.2) is 10.0 Å². The first-order valence-electron chi connectivity index (χ1n) is 9.85. The second kappa shape index (κ2) is 10.0. The molecule has 1 aromatic heterocycles. The van der Waals surface area contributed by atoms with Gasteiger partial charge in [-0.15, -0.1) is 0 Å². The van der Waals surface area contributed by atoms with Gasteiger partial charge in [0.1, 0.15) is 43.1 Å². The minimum absolute atomic E-state index is 0.0767. The van der Waals surface area contributed by atoms with Crippen LogP contribution in [0.4, 0.5) is 23.1 Å². The van der Waals surface area contributed by atoms with Gasteiger partial charge in [0.2, 0.25) is 0 Å². The molecule has 182 valence electrons. The summed E-state index contributed by atoms with van der Waals surface area (Å²) in [5.74, 6) is 0.559. The van der Waals surface area contributed by atoms with Crippen molar-refractivity contribution in [3.63, 3.8) is 0 Å². The van der Waals surface area contributed by atoms with Gasteiger partial charge in [0.15, 0.2) is 12.1 Å². The minimum Gasteiger partial charge on any atom is -0.418 e. The molecule has 0 amide bonds. The lowest BCUT2D eigenvalue weighted by molar-refractivity contribution is -0.108. The van der Waals surface area contributed by atoms with Crippen molar-refractivity contribution in [3.05, 3.63) is 47.4 Å². The number of anilines is 1. The van der Waals surface area contributed by atoms with Gasteiger partial charge >= 0.3 is 7.25 Å². The Hall–Kier alpha value is -2.72. The molecule has 2 aromatic rings. The molecular weight excluding hydrogens is 453 g/mol. The zero-order valence-corrected chi connectivity index (χ0v) is 17.4. The number of amidine groups is 1. The summed E-state index contributed by atoms with van der Waals surface area (Å²) in [7, 11) is -6.00. The molecule has 5 N–H and O–H groups in total. The predicted octanol–water partition coefficient (Wildman–Crippen LogP) is 1.25. The zero-order chi connectivity index (χ0) is 24.3. The molecule has 33 heavy (non-hydrogen) atoms. The van der Waals surface area contributed by atoms with E-state index in [0.29, 0.717) is 18.1 Å². The first-order valence-corrected chi connectivity index (χ1v) is 9.85. The van der Waals surface area contributed by atoms with E-state index >= 15 is 0 Å². The second-order valence-corrected chi connectivity index (χ2v) is 7.33. The van der Waals surface area contributed by atoms with E-state index in [9.17, 15) is 32.6 Å². The standard InChI is InChI=1S/C18H23N5O5.BF4/c1-10-4-2-3-5-11(10)7-27-23-9-21-17-13(16(23)19)20-8-22(17)18-15(26)14(25)12(6-24)28-18;2-1(3,4)5/h2-5,8,12,14-15,18-19,21,24-26H,6-7,9H2,1H3;/q;-1/t12-,14-,15-,18-;/m1./s1. The highest BCUT2D eigenvalue weighted by molar-refractivity contribution is 6.50. The third-order valence-corrected chi connectivity index (χ3v) is 5.09. The van der Waals surface area contributed by atoms with Crippen molar-refractivity contribution in [3.8, 4) is 0 Å². The van der Waals surface area contributed by atoms with Crippen LogP contribution in [0.3, 0.4) is 0 Å². The van der Waals surface area contributed by atoms with Crippen molar-refractivity contribution in [2.45, 2.75) is 38.1 Å². The fourth-order valence-electron chi connectivity index (χ4n) is 3.39. The minimum atomic E-state index is -6.00. The number of aromatic nitrogens is 2. The van der Waals surface area contributed by atoms with Gasteiger partial charge in [-0.2, -0.15) is 0 Å². The largest absolute Gasteiger partial charge is 0.673 e. The first kappa shape index (κ1) is 24.9. The third-order valence-electron chi connectivity index (χ3n) is 5.09. The van der Waals surface area contributed by atoms with E-state index < -0.39 is 38.4 Å². The van der Waals surface area contributed by atoms with Crippen LogP contribution >= 0.6 is 0 Å². The molecule has 10 nitrogen and oxygen atoms in total. The number of fused-ring (bicyclic) bond motifs is 1. The number of benzene rings is 1. The van der Waals surface area contributed by atoms with E-state index in [1.54, 1.807) is 0 Å². The summed E-state index contributed by atoms with van der Waals surface area (Å²) in [4.78, 5) is 10.0. The number of hydroxylamine groups is 2. The molecule has 0 radical (unpaired) electrons. The van der Waals surface area contributed by atoms with Crippen LogP contribution in [-0.2, 0) is 16.2 Å². The van der Waals surface area contributed by atoms with Gasteiger partial charge in [0.25, 0.3) is 0 Å². The number of aliphatic hydroxyl groups excluding tert-OH is 3. The van der Waals surface area contributed by atoms with Gasteiger partial charge < -0.3 is 42.6 Å². The van der Waals surface area contributed by atoms with E-state index in [1.807, 2.05) is 31.2 Å². The lowest BCUT2D eigenvalue weighted by Gasteiger charge is -2.30. The van der Waals surface area contributed by atoms with Crippen molar-refractivity contribution in [1.29, 1.82) is 5.41 Å². The molecule has 0 saturated carbocycles. The second-order valence-electron chi connectivity index (χ2n) is 7.33. The number of ether oxygens (including phenoxy) is 1. The Labute approximate surface area is 185 Å². The van der Waals surface area contributed by atoms with E-state index in [-0.39, 0.29) is 12.5 Å². The molecule has 1 fully saturated rings. The number of hydrogen-bond donors (Lipinski definition) is 5. The van der Waals surface area contributed by atoms with Crippen LogP contribution in [0, 0.1) is 12.3 Å². The molecule has 0 spiro atoms. The van der Waals surface area contributed by atoms with E-state index in [0.717, 1.165) is 11.1 Å². The molecule has 0 unspecified atom stereocenters. The fraction of sp³-hybridized carbons (Fsp3) is 0.444. The Bertz CT molecular complexity index is 972. The lowest BCUT2D eigenvalue weighted by atomic mass is 10.1. The smallest absolute Gasteiger partial charge is 0.418 e. The van der Waals surface area contributed by atoms with Crippen molar-refractivity contribution < 1.29 is 42.2 Å². The van der Waals surface area contributed by atoms with Crippen molar-refractivity contribution in [1.82, 2.24) is 14.6 Å². The van der Waals surface area contributed by atoms with Crippen LogP contribution in [0.15, 0.2) is 30.6 Å². The Kier molecular flexibility index (Phi) is 7.59. The van der Waals surface area contributed by atoms with Gasteiger partial charge in [-0.1, -0.05) is 24.3 Å². The molecule has 4 atom stereocenters. The van der Waals surface area contributed by atoms with Gasteiger partial charge in [-0.3, -0.25) is 14.8 Å². The first-order chi connectivity index (χ1) is 15.5. The summed E-state index contributed by atoms with van der Waals surface area (Å²) in [6, 6.07) is 7.86. The highest BCUT2D eigenvalue weighted by Crippen LogP contribution is 2.34. The number of aliphatic hydroxyl groups is 3. The number of halogens is 4. The SMILES string of the molecule is Cc1ccccc1CON1CNc2c(ncn2[C@@H]2O[C@H](CO)[C@@H](O)[C@H]2O)C1=N.F[B-](F)(F)F. The van der Waals surface area contributed by atoms with Crippen molar-refractivity contribution in [2.75, 3.05) is 18.6 Å². The van der Waals surface area contributed by atoms with Crippen LogP contribution in [0.25, 0.3) is 0 Å². The van der Waals surface area contributed by atoms with Gasteiger partial charge in [0, 0.05) is 0 Å². The maximum absolute atomic E-state index is 10.2. The summed E-state index contributed by atoms with van der Waals surface area (Å²) in [6.07, 6.45) is -2.79. The summed E-state index contributed by atoms with van der Waals surface area (Å²) in [5, 5.41) is 42.4. The molecular formula is C18H23BF4N5O5-. The van der Waals surface area contributed by atoms with Gasteiger partial charge in [0.05, 0.1) is 12.9 Å². The summed E-state index contributed by atoms with van der Waals surface area (Å²) in [6.45, 7) is 2.12. The Morgan fingerprint density at radius 3 is 2.52 bits per heavy atom. The highest BCUT2D eigenvalue weighted by Gasteiger charge is 2.45. The van der Waals surface area contributed by atoms with Crippen molar-refractivity contribution in [2.24, 2.45) is 0 Å².